The fourth-order valence-corrected chi connectivity index (χ4v) is 3.11. The molecule has 0 aliphatic heterocycles. The summed E-state index contributed by atoms with van der Waals surface area (Å²) in [5.74, 6) is 1.50. The summed E-state index contributed by atoms with van der Waals surface area (Å²) in [5, 5.41) is 3.38. The number of allylic oxidation sites excluding steroid dienone is 2. The first kappa shape index (κ1) is 17.0. The maximum atomic E-state index is 5.63. The van der Waals surface area contributed by atoms with Crippen LogP contribution in [0.1, 0.15) is 12.1 Å². The number of hydrogen-bond donors (Lipinski definition) is 1. The Morgan fingerprint density at radius 1 is 1.15 bits per heavy atom. The fraction of sp³-hybridized carbons (Fsp3) is 0.190. The highest BCUT2D eigenvalue weighted by molar-refractivity contribution is 5.63. The van der Waals surface area contributed by atoms with Gasteiger partial charge in [0, 0.05) is 24.4 Å². The van der Waals surface area contributed by atoms with Crippen LogP contribution in [-0.4, -0.2) is 32.7 Å². The number of aromatic nitrogens is 4. The normalized spacial score (nSPS) is 16.4. The zero-order chi connectivity index (χ0) is 18.6. The molecule has 0 radical (unpaired) electrons. The maximum Gasteiger partial charge on any atom is 0.223 e. The van der Waals surface area contributed by atoms with Crippen LogP contribution in [-0.2, 0) is 4.74 Å². The quantitative estimate of drug-likeness (QED) is 0.748. The van der Waals surface area contributed by atoms with Crippen LogP contribution >= 0.6 is 0 Å². The summed E-state index contributed by atoms with van der Waals surface area (Å²) >= 11 is 0. The van der Waals surface area contributed by atoms with Crippen LogP contribution in [0.15, 0.2) is 73.0 Å². The topological polar surface area (TPSA) is 64.9 Å². The molecule has 1 unspecified atom stereocenters. The monoisotopic (exact) mass is 359 g/mol. The van der Waals surface area contributed by atoms with Gasteiger partial charge in [-0.1, -0.05) is 36.4 Å². The van der Waals surface area contributed by atoms with Crippen molar-refractivity contribution in [1.82, 2.24) is 19.5 Å². The molecule has 0 spiro atoms. The Hall–Kier alpha value is -3.41. The lowest BCUT2D eigenvalue weighted by Gasteiger charge is -2.23. The van der Waals surface area contributed by atoms with Gasteiger partial charge in [-0.3, -0.25) is 0 Å². The molecule has 1 aliphatic rings. The third-order valence-electron chi connectivity index (χ3n) is 4.45. The van der Waals surface area contributed by atoms with Crippen molar-refractivity contribution in [2.45, 2.75) is 19.4 Å². The average Bonchev–Trinajstić information content (AvgIpc) is 3.15. The Labute approximate surface area is 158 Å². The summed E-state index contributed by atoms with van der Waals surface area (Å²) in [6.07, 6.45) is 10.4. The first-order valence-corrected chi connectivity index (χ1v) is 8.84. The molecular formula is C21H21N5O. The number of ether oxygens (including phenoxy) is 1. The summed E-state index contributed by atoms with van der Waals surface area (Å²) < 4.78 is 7.61. The Bertz CT molecular complexity index is 991. The number of nitrogens with zero attached hydrogens (tertiary/aromatic N) is 4. The van der Waals surface area contributed by atoms with Crippen LogP contribution in [0.4, 0.5) is 5.95 Å². The van der Waals surface area contributed by atoms with E-state index in [1.165, 1.54) is 0 Å². The van der Waals surface area contributed by atoms with Crippen LogP contribution in [0.5, 0.6) is 0 Å². The van der Waals surface area contributed by atoms with E-state index in [2.05, 4.69) is 26.3 Å². The predicted octanol–water partition coefficient (Wildman–Crippen LogP) is 3.90. The number of methoxy groups -OCH3 is 1. The van der Waals surface area contributed by atoms with Gasteiger partial charge in [-0.15, -0.1) is 0 Å². The molecule has 1 aromatic carbocycles. The zero-order valence-corrected chi connectivity index (χ0v) is 15.3. The van der Waals surface area contributed by atoms with Gasteiger partial charge in [0.2, 0.25) is 5.95 Å². The van der Waals surface area contributed by atoms with E-state index >= 15 is 0 Å². The Kier molecular flexibility index (Phi) is 4.70. The van der Waals surface area contributed by atoms with E-state index in [0.717, 1.165) is 28.4 Å². The minimum absolute atomic E-state index is 0.0549. The molecule has 6 heteroatoms. The van der Waals surface area contributed by atoms with Crippen LogP contribution in [0, 0.1) is 6.92 Å². The Balaban J connectivity index is 1.52. The Morgan fingerprint density at radius 2 is 2.00 bits per heavy atom. The van der Waals surface area contributed by atoms with Gasteiger partial charge in [0.1, 0.15) is 5.76 Å². The van der Waals surface area contributed by atoms with Crippen molar-refractivity contribution < 1.29 is 4.74 Å². The molecule has 6 nitrogen and oxygen atoms in total. The minimum atomic E-state index is 0.0549. The van der Waals surface area contributed by atoms with Crippen molar-refractivity contribution in [2.75, 3.05) is 12.4 Å². The molecule has 1 aliphatic carbocycles. The Morgan fingerprint density at radius 3 is 2.74 bits per heavy atom. The van der Waals surface area contributed by atoms with Gasteiger partial charge in [0.05, 0.1) is 36.6 Å². The van der Waals surface area contributed by atoms with Gasteiger partial charge in [-0.25, -0.2) is 15.0 Å². The van der Waals surface area contributed by atoms with Crippen LogP contribution in [0.3, 0.4) is 0 Å². The van der Waals surface area contributed by atoms with E-state index < -0.39 is 0 Å². The minimum Gasteiger partial charge on any atom is -0.499 e. The molecule has 2 aromatic heterocycles. The van der Waals surface area contributed by atoms with E-state index in [0.29, 0.717) is 12.4 Å². The van der Waals surface area contributed by atoms with Crippen molar-refractivity contribution in [3.8, 4) is 11.3 Å². The van der Waals surface area contributed by atoms with Crippen molar-refractivity contribution in [1.29, 1.82) is 0 Å². The van der Waals surface area contributed by atoms with E-state index in [4.69, 9.17) is 4.74 Å². The number of benzene rings is 1. The van der Waals surface area contributed by atoms with E-state index in [1.807, 2.05) is 60.2 Å². The molecular weight excluding hydrogens is 338 g/mol. The molecule has 3 aromatic rings. The number of rotatable bonds is 5. The lowest BCUT2D eigenvalue weighted by Crippen LogP contribution is -2.23. The number of anilines is 1. The zero-order valence-electron chi connectivity index (χ0n) is 15.3. The average molecular weight is 359 g/mol. The smallest absolute Gasteiger partial charge is 0.223 e. The van der Waals surface area contributed by atoms with Gasteiger partial charge in [0.15, 0.2) is 0 Å². The lowest BCUT2D eigenvalue weighted by atomic mass is 10.0. The van der Waals surface area contributed by atoms with Gasteiger partial charge in [-0.2, -0.15) is 0 Å². The summed E-state index contributed by atoms with van der Waals surface area (Å²) in [5.41, 5.74) is 3.93. The highest BCUT2D eigenvalue weighted by Gasteiger charge is 2.19. The number of hydrogen-bond acceptors (Lipinski definition) is 5. The summed E-state index contributed by atoms with van der Waals surface area (Å²) in [6, 6.07) is 12.0. The molecule has 136 valence electrons. The van der Waals surface area contributed by atoms with E-state index in [1.54, 1.807) is 19.6 Å². The highest BCUT2D eigenvalue weighted by Crippen LogP contribution is 2.26. The lowest BCUT2D eigenvalue weighted by molar-refractivity contribution is 0.275. The largest absolute Gasteiger partial charge is 0.499 e. The molecule has 0 amide bonds. The molecule has 2 heterocycles. The molecule has 1 N–H and O–H groups in total. The van der Waals surface area contributed by atoms with Crippen molar-refractivity contribution in [3.63, 3.8) is 0 Å². The summed E-state index contributed by atoms with van der Waals surface area (Å²) in [4.78, 5) is 13.3. The van der Waals surface area contributed by atoms with E-state index in [9.17, 15) is 0 Å². The summed E-state index contributed by atoms with van der Waals surface area (Å²) in [7, 11) is 1.70. The van der Waals surface area contributed by atoms with Crippen LogP contribution < -0.4 is 5.32 Å². The van der Waals surface area contributed by atoms with Crippen LogP contribution in [0.25, 0.3) is 17.0 Å². The second-order valence-corrected chi connectivity index (χ2v) is 6.38. The first-order valence-electron chi connectivity index (χ1n) is 8.84. The SMILES string of the molecule is COC1=C(n2cnc(C)c2)C=CC(Nc2nccc(-c3ccccc3)n2)C1. The van der Waals surface area contributed by atoms with Gasteiger partial charge >= 0.3 is 0 Å². The molecule has 0 saturated heterocycles. The highest BCUT2D eigenvalue weighted by atomic mass is 16.5. The van der Waals surface area contributed by atoms with Gasteiger partial charge < -0.3 is 14.6 Å². The first-order chi connectivity index (χ1) is 13.2. The maximum absolute atomic E-state index is 5.63. The van der Waals surface area contributed by atoms with Crippen molar-refractivity contribution in [3.05, 3.63) is 78.7 Å². The third kappa shape index (κ3) is 3.74. The van der Waals surface area contributed by atoms with Gasteiger partial charge in [0.25, 0.3) is 0 Å². The van der Waals surface area contributed by atoms with Gasteiger partial charge in [-0.05, 0) is 19.1 Å². The fourth-order valence-electron chi connectivity index (χ4n) is 3.11. The second kappa shape index (κ2) is 7.45. The number of aryl methyl sites for hydroxylation is 1. The molecule has 1 atom stereocenters. The van der Waals surface area contributed by atoms with Crippen LogP contribution in [0.2, 0.25) is 0 Å². The molecule has 0 bridgehead atoms. The molecule has 0 fully saturated rings. The molecule has 4 rings (SSSR count). The third-order valence-corrected chi connectivity index (χ3v) is 4.45. The number of nitrogens with one attached hydrogen (secondary N) is 1. The molecule has 0 saturated carbocycles. The number of imidazole rings is 1. The molecule has 27 heavy (non-hydrogen) atoms. The predicted molar refractivity (Wildman–Crippen MR) is 106 cm³/mol. The standard InChI is InChI=1S/C21H21N5O/c1-15-13-26(14-23-15)19-9-8-17(12-20(19)27-2)24-21-22-11-10-18(25-21)16-6-4-3-5-7-16/h3-11,13-14,17H,12H2,1-2H3,(H,22,24,25). The van der Waals surface area contributed by atoms with Crippen molar-refractivity contribution in [2.24, 2.45) is 0 Å². The summed E-state index contributed by atoms with van der Waals surface area (Å²) in [6.45, 7) is 1.97. The second-order valence-electron chi connectivity index (χ2n) is 6.38. The van der Waals surface area contributed by atoms with E-state index in [-0.39, 0.29) is 6.04 Å². The van der Waals surface area contributed by atoms with Crippen molar-refractivity contribution >= 4 is 11.6 Å².